The number of benzene rings is 1. The van der Waals surface area contributed by atoms with E-state index in [0.717, 1.165) is 17.7 Å². The third kappa shape index (κ3) is 6.07. The number of carbonyl (C=O) groups is 2. The lowest BCUT2D eigenvalue weighted by Crippen LogP contribution is -2.41. The van der Waals surface area contributed by atoms with Crippen molar-refractivity contribution in [2.45, 2.75) is 33.2 Å². The molecule has 1 rings (SSSR count). The fourth-order valence-electron chi connectivity index (χ4n) is 1.46. The van der Waals surface area contributed by atoms with Crippen LogP contribution in [0.2, 0.25) is 0 Å². The summed E-state index contributed by atoms with van der Waals surface area (Å²) in [6, 6.07) is 7.22. The van der Waals surface area contributed by atoms with Gasteiger partial charge in [0, 0.05) is 6.04 Å². The summed E-state index contributed by atoms with van der Waals surface area (Å²) in [5.74, 6) is -0.751. The van der Waals surface area contributed by atoms with Gasteiger partial charge in [0.05, 0.1) is 12.8 Å². The minimum atomic E-state index is -0.785. The summed E-state index contributed by atoms with van der Waals surface area (Å²) in [5, 5.41) is 6.32. The molecule has 0 spiro atoms. The number of carbonyl (C=O) groups excluding carboxylic acids is 2. The number of ether oxygens (including phenoxy) is 1. The van der Waals surface area contributed by atoms with Crippen LogP contribution in [-0.2, 0) is 9.59 Å². The summed E-state index contributed by atoms with van der Waals surface area (Å²) in [4.78, 5) is 23.0. The van der Waals surface area contributed by atoms with E-state index in [1.807, 2.05) is 39.0 Å². The highest BCUT2D eigenvalue weighted by Gasteiger charge is 2.14. The molecule has 21 heavy (non-hydrogen) atoms. The van der Waals surface area contributed by atoms with E-state index in [9.17, 15) is 9.59 Å². The summed E-state index contributed by atoms with van der Waals surface area (Å²) >= 11 is 0. The normalized spacial score (nSPS) is 12.0. The van der Waals surface area contributed by atoms with E-state index in [2.05, 4.69) is 15.8 Å². The fourth-order valence-corrected chi connectivity index (χ4v) is 1.46. The second-order valence-corrected chi connectivity index (χ2v) is 4.49. The van der Waals surface area contributed by atoms with Gasteiger partial charge in [-0.1, -0.05) is 19.1 Å². The first-order valence-electron chi connectivity index (χ1n) is 6.93. The summed E-state index contributed by atoms with van der Waals surface area (Å²) < 4.78 is 5.36. The van der Waals surface area contributed by atoms with E-state index < -0.39 is 11.8 Å². The number of nitrogens with zero attached hydrogens (tertiary/aromatic N) is 1. The van der Waals surface area contributed by atoms with E-state index in [0.29, 0.717) is 6.61 Å². The second-order valence-electron chi connectivity index (χ2n) is 4.49. The molecule has 0 aromatic heterocycles. The number of nitrogens with one attached hydrogen (secondary N) is 2. The molecule has 0 radical (unpaired) electrons. The van der Waals surface area contributed by atoms with Gasteiger partial charge in [-0.3, -0.25) is 9.59 Å². The van der Waals surface area contributed by atoms with Gasteiger partial charge in [0.1, 0.15) is 5.75 Å². The van der Waals surface area contributed by atoms with E-state index in [1.54, 1.807) is 6.07 Å². The molecule has 0 fully saturated rings. The lowest BCUT2D eigenvalue weighted by Gasteiger charge is -2.09. The zero-order valence-corrected chi connectivity index (χ0v) is 12.6. The standard InChI is InChI=1S/C15H21N3O3/c1-4-11(3)17-14(19)15(20)18-16-10-12-7-6-8-13(9-12)21-5-2/h6-11H,4-5H2,1-3H3,(H,17,19)(H,18,20)/b16-10-/t11-/m1/s1. The number of amides is 2. The molecule has 114 valence electrons. The van der Waals surface area contributed by atoms with Crippen LogP contribution in [0, 0.1) is 0 Å². The third-order valence-electron chi connectivity index (χ3n) is 2.74. The highest BCUT2D eigenvalue weighted by atomic mass is 16.5. The Bertz CT molecular complexity index is 515. The SMILES string of the molecule is CCOc1cccc(/C=N\NC(=O)C(=O)N[C@H](C)CC)c1. The molecule has 0 heterocycles. The molecule has 6 heteroatoms. The summed E-state index contributed by atoms with van der Waals surface area (Å²) in [6.45, 7) is 6.23. The molecule has 0 saturated carbocycles. The molecule has 0 bridgehead atoms. The van der Waals surface area contributed by atoms with Crippen molar-refractivity contribution < 1.29 is 14.3 Å². The minimum Gasteiger partial charge on any atom is -0.494 e. The minimum absolute atomic E-state index is 0.0462. The van der Waals surface area contributed by atoms with E-state index >= 15 is 0 Å². The number of hydrogen-bond donors (Lipinski definition) is 2. The van der Waals surface area contributed by atoms with Crippen LogP contribution in [0.25, 0.3) is 0 Å². The van der Waals surface area contributed by atoms with Gasteiger partial charge < -0.3 is 10.1 Å². The Morgan fingerprint density at radius 2 is 2.10 bits per heavy atom. The van der Waals surface area contributed by atoms with Gasteiger partial charge >= 0.3 is 11.8 Å². The van der Waals surface area contributed by atoms with Crippen LogP contribution in [0.5, 0.6) is 5.75 Å². The maximum absolute atomic E-state index is 11.5. The number of hydrazone groups is 1. The van der Waals surface area contributed by atoms with Gasteiger partial charge in [-0.05, 0) is 38.0 Å². The van der Waals surface area contributed by atoms with Crippen molar-refractivity contribution in [1.82, 2.24) is 10.7 Å². The van der Waals surface area contributed by atoms with E-state index in [4.69, 9.17) is 4.74 Å². The molecule has 1 aromatic carbocycles. The Balaban J connectivity index is 2.52. The fraction of sp³-hybridized carbons (Fsp3) is 0.400. The molecule has 0 saturated heterocycles. The molecule has 1 atom stereocenters. The summed E-state index contributed by atoms with van der Waals surface area (Å²) in [7, 11) is 0. The van der Waals surface area contributed by atoms with Crippen LogP contribution >= 0.6 is 0 Å². The number of hydrogen-bond acceptors (Lipinski definition) is 4. The Morgan fingerprint density at radius 1 is 1.33 bits per heavy atom. The average molecular weight is 291 g/mol. The highest BCUT2D eigenvalue weighted by molar-refractivity contribution is 6.35. The molecule has 1 aromatic rings. The molecule has 6 nitrogen and oxygen atoms in total. The first-order valence-corrected chi connectivity index (χ1v) is 6.93. The summed E-state index contributed by atoms with van der Waals surface area (Å²) in [5.41, 5.74) is 2.96. The van der Waals surface area contributed by atoms with Gasteiger partial charge in [0.25, 0.3) is 0 Å². The molecule has 0 aliphatic heterocycles. The van der Waals surface area contributed by atoms with Gasteiger partial charge in [-0.2, -0.15) is 5.10 Å². The van der Waals surface area contributed by atoms with E-state index in [-0.39, 0.29) is 6.04 Å². The van der Waals surface area contributed by atoms with Gasteiger partial charge in [-0.15, -0.1) is 0 Å². The van der Waals surface area contributed by atoms with Crippen LogP contribution in [0.1, 0.15) is 32.8 Å². The van der Waals surface area contributed by atoms with Crippen LogP contribution in [-0.4, -0.2) is 30.7 Å². The third-order valence-corrected chi connectivity index (χ3v) is 2.74. The average Bonchev–Trinajstić information content (AvgIpc) is 2.47. The van der Waals surface area contributed by atoms with Crippen LogP contribution in [0.4, 0.5) is 0 Å². The largest absolute Gasteiger partial charge is 0.494 e. The van der Waals surface area contributed by atoms with Gasteiger partial charge in [0.15, 0.2) is 0 Å². The smallest absolute Gasteiger partial charge is 0.329 e. The summed E-state index contributed by atoms with van der Waals surface area (Å²) in [6.07, 6.45) is 2.21. The van der Waals surface area contributed by atoms with Gasteiger partial charge in [-0.25, -0.2) is 5.43 Å². The Labute approximate surface area is 124 Å². The Hall–Kier alpha value is -2.37. The molecular formula is C15H21N3O3. The van der Waals surface area contributed by atoms with Crippen molar-refractivity contribution in [2.24, 2.45) is 5.10 Å². The van der Waals surface area contributed by atoms with Crippen molar-refractivity contribution in [1.29, 1.82) is 0 Å². The molecule has 2 N–H and O–H groups in total. The maximum Gasteiger partial charge on any atom is 0.329 e. The van der Waals surface area contributed by atoms with Crippen molar-refractivity contribution in [2.75, 3.05) is 6.61 Å². The van der Waals surface area contributed by atoms with Crippen LogP contribution in [0.15, 0.2) is 29.4 Å². The zero-order chi connectivity index (χ0) is 15.7. The molecule has 0 aliphatic rings. The maximum atomic E-state index is 11.5. The highest BCUT2D eigenvalue weighted by Crippen LogP contribution is 2.11. The first-order chi connectivity index (χ1) is 10.1. The zero-order valence-electron chi connectivity index (χ0n) is 12.6. The second kappa shape index (κ2) is 8.73. The monoisotopic (exact) mass is 291 g/mol. The van der Waals surface area contributed by atoms with Crippen LogP contribution in [0.3, 0.4) is 0 Å². The van der Waals surface area contributed by atoms with Crippen molar-refractivity contribution in [3.8, 4) is 5.75 Å². The molecule has 0 aliphatic carbocycles. The van der Waals surface area contributed by atoms with E-state index in [1.165, 1.54) is 6.21 Å². The first kappa shape index (κ1) is 16.7. The topological polar surface area (TPSA) is 79.8 Å². The molecule has 2 amide bonds. The molecular weight excluding hydrogens is 270 g/mol. The van der Waals surface area contributed by atoms with Gasteiger partial charge in [0.2, 0.25) is 0 Å². The Kier molecular flexibility index (Phi) is 6.94. The van der Waals surface area contributed by atoms with Crippen molar-refractivity contribution in [3.05, 3.63) is 29.8 Å². The quantitative estimate of drug-likeness (QED) is 0.473. The van der Waals surface area contributed by atoms with Crippen molar-refractivity contribution >= 4 is 18.0 Å². The number of rotatable bonds is 6. The lowest BCUT2D eigenvalue weighted by molar-refractivity contribution is -0.139. The lowest BCUT2D eigenvalue weighted by atomic mass is 10.2. The Morgan fingerprint density at radius 3 is 2.76 bits per heavy atom. The predicted molar refractivity (Wildman–Crippen MR) is 81.2 cm³/mol. The predicted octanol–water partition coefficient (Wildman–Crippen LogP) is 1.45. The van der Waals surface area contributed by atoms with Crippen molar-refractivity contribution in [3.63, 3.8) is 0 Å². The van der Waals surface area contributed by atoms with Crippen LogP contribution < -0.4 is 15.5 Å². The molecule has 0 unspecified atom stereocenters.